The van der Waals surface area contributed by atoms with Crippen molar-refractivity contribution in [2.24, 2.45) is 0 Å². The number of nitrogens with zero attached hydrogens (tertiary/aromatic N) is 2. The fourth-order valence-corrected chi connectivity index (χ4v) is 4.99. The molecular weight excluding hydrogens is 479 g/mol. The number of aromatic nitrogens is 1. The Morgan fingerprint density at radius 3 is 2.61 bits per heavy atom. The number of terminal acetylenes is 1. The van der Waals surface area contributed by atoms with Crippen LogP contribution in [-0.4, -0.2) is 39.0 Å². The molecule has 2 N–H and O–H groups in total. The first-order valence-corrected chi connectivity index (χ1v) is 12.6. The van der Waals surface area contributed by atoms with Crippen molar-refractivity contribution in [2.75, 3.05) is 13.1 Å². The van der Waals surface area contributed by atoms with E-state index in [0.717, 1.165) is 35.2 Å². The molecule has 0 spiro atoms. The molecule has 1 unspecified atom stereocenters. The highest BCUT2D eigenvalue weighted by Gasteiger charge is 2.23. The molecule has 9 heteroatoms. The topological polar surface area (TPSA) is 91.4 Å². The molecule has 0 aliphatic carbocycles. The molecule has 3 aromatic rings. The first-order valence-electron chi connectivity index (χ1n) is 11.4. The van der Waals surface area contributed by atoms with Crippen LogP contribution in [0.15, 0.2) is 65.7 Å². The van der Waals surface area contributed by atoms with E-state index in [0.29, 0.717) is 18.7 Å². The van der Waals surface area contributed by atoms with Crippen molar-refractivity contribution in [3.05, 3.63) is 83.3 Å². The summed E-state index contributed by atoms with van der Waals surface area (Å²) in [6, 6.07) is 15.0. The van der Waals surface area contributed by atoms with Crippen LogP contribution in [-0.2, 0) is 15.8 Å². The molecule has 2 aromatic carbocycles. The summed E-state index contributed by atoms with van der Waals surface area (Å²) in [4.78, 5) is 33.0. The summed E-state index contributed by atoms with van der Waals surface area (Å²) < 4.78 is 26.2. The Morgan fingerprint density at radius 2 is 1.89 bits per heavy atom. The lowest BCUT2D eigenvalue weighted by Crippen LogP contribution is -2.38. The number of nitrogens with one attached hydrogen (secondary N) is 2. The number of aryl methyl sites for hydroxylation is 1. The molecule has 1 fully saturated rings. The van der Waals surface area contributed by atoms with Crippen molar-refractivity contribution in [3.8, 4) is 23.6 Å². The molecule has 4 rings (SSSR count). The van der Waals surface area contributed by atoms with Gasteiger partial charge in [-0.05, 0) is 85.2 Å². The summed E-state index contributed by atoms with van der Waals surface area (Å²) in [6.45, 7) is 3.09. The highest BCUT2D eigenvalue weighted by molar-refractivity contribution is 7.83. The van der Waals surface area contributed by atoms with Crippen LogP contribution in [0.5, 0.6) is 0 Å². The van der Waals surface area contributed by atoms with Gasteiger partial charge in [0.05, 0.1) is 10.6 Å². The zero-order valence-corrected chi connectivity index (χ0v) is 20.5. The zero-order chi connectivity index (χ0) is 25.7. The van der Waals surface area contributed by atoms with Gasteiger partial charge in [-0.3, -0.25) is 20.0 Å². The molecule has 1 aliphatic rings. The molecule has 7 nitrogen and oxygen atoms in total. The number of halogens is 1. The van der Waals surface area contributed by atoms with Gasteiger partial charge in [-0.25, -0.2) is 8.60 Å². The van der Waals surface area contributed by atoms with E-state index in [1.54, 1.807) is 29.3 Å². The van der Waals surface area contributed by atoms with Crippen LogP contribution >= 0.6 is 0 Å². The highest BCUT2D eigenvalue weighted by atomic mass is 32.2. The SMILES string of the molecule is C#CC(=O)N1CCC(c2ccnc(-c3cc(C)cc(C(=O)NNS(=O)c4ccccc4F)c3)c2)CC1. The van der Waals surface area contributed by atoms with Crippen molar-refractivity contribution >= 4 is 22.8 Å². The monoisotopic (exact) mass is 504 g/mol. The minimum atomic E-state index is -1.95. The predicted octanol–water partition coefficient (Wildman–Crippen LogP) is 3.49. The number of amides is 2. The van der Waals surface area contributed by atoms with Crippen molar-refractivity contribution in [2.45, 2.75) is 30.6 Å². The van der Waals surface area contributed by atoms with Crippen LogP contribution in [0.2, 0.25) is 0 Å². The van der Waals surface area contributed by atoms with E-state index in [-0.39, 0.29) is 16.7 Å². The van der Waals surface area contributed by atoms with Crippen LogP contribution < -0.4 is 10.3 Å². The molecule has 1 saturated heterocycles. The van der Waals surface area contributed by atoms with Crippen molar-refractivity contribution < 1.29 is 18.2 Å². The van der Waals surface area contributed by atoms with Gasteiger partial charge >= 0.3 is 0 Å². The third-order valence-corrected chi connectivity index (χ3v) is 7.11. The molecule has 0 radical (unpaired) electrons. The maximum atomic E-state index is 13.8. The van der Waals surface area contributed by atoms with E-state index in [4.69, 9.17) is 6.42 Å². The second-order valence-corrected chi connectivity index (χ2v) is 9.71. The Morgan fingerprint density at radius 1 is 1.14 bits per heavy atom. The van der Waals surface area contributed by atoms with E-state index >= 15 is 0 Å². The molecular formula is C27H25FN4O3S. The van der Waals surface area contributed by atoms with E-state index in [1.807, 2.05) is 25.1 Å². The minimum Gasteiger partial charge on any atom is -0.332 e. The molecule has 36 heavy (non-hydrogen) atoms. The van der Waals surface area contributed by atoms with Crippen LogP contribution in [0.4, 0.5) is 4.39 Å². The number of hydrogen-bond acceptors (Lipinski definition) is 4. The number of carbonyl (C=O) groups excluding carboxylic acids is 2. The summed E-state index contributed by atoms with van der Waals surface area (Å²) in [5.74, 6) is 1.03. The maximum absolute atomic E-state index is 13.8. The second kappa shape index (κ2) is 11.2. The predicted molar refractivity (Wildman–Crippen MR) is 135 cm³/mol. The summed E-state index contributed by atoms with van der Waals surface area (Å²) >= 11 is 0. The minimum absolute atomic E-state index is 0.0572. The van der Waals surface area contributed by atoms with Gasteiger partial charge in [-0.15, -0.1) is 11.3 Å². The van der Waals surface area contributed by atoms with Gasteiger partial charge < -0.3 is 4.90 Å². The van der Waals surface area contributed by atoms with Crippen molar-refractivity contribution in [1.29, 1.82) is 0 Å². The number of likely N-dealkylation sites (tertiary alicyclic amines) is 1. The number of benzene rings is 2. The number of piperidine rings is 1. The first kappa shape index (κ1) is 25.2. The summed E-state index contributed by atoms with van der Waals surface area (Å²) in [7, 11) is -1.95. The highest BCUT2D eigenvalue weighted by Crippen LogP contribution is 2.30. The van der Waals surface area contributed by atoms with E-state index in [2.05, 4.69) is 21.2 Å². The number of carbonyl (C=O) groups is 2. The zero-order valence-electron chi connectivity index (χ0n) is 19.7. The Bertz CT molecular complexity index is 1360. The third kappa shape index (κ3) is 5.85. The lowest BCUT2D eigenvalue weighted by atomic mass is 9.89. The number of hydrogen-bond donors (Lipinski definition) is 2. The van der Waals surface area contributed by atoms with Crippen molar-refractivity contribution in [1.82, 2.24) is 20.1 Å². The second-order valence-electron chi connectivity index (χ2n) is 8.53. The standard InChI is InChI=1S/C27H25FN4O3S/c1-3-26(33)32-12-9-19(10-13-32)20-8-11-29-24(17-20)21-14-18(2)15-22(16-21)27(34)30-31-36(35)25-7-5-4-6-23(25)28/h1,4-8,11,14-17,19,31H,9-10,12-13H2,2H3,(H,30,34). The Hall–Kier alpha value is -3.87. The maximum Gasteiger partial charge on any atom is 0.298 e. The quantitative estimate of drug-likeness (QED) is 0.397. The Labute approximate surface area is 211 Å². The number of pyridine rings is 1. The van der Waals surface area contributed by atoms with Gasteiger partial charge in [0, 0.05) is 30.4 Å². The average molecular weight is 505 g/mol. The van der Waals surface area contributed by atoms with Crippen LogP contribution in [0.3, 0.4) is 0 Å². The Kier molecular flexibility index (Phi) is 7.88. The normalized spacial score (nSPS) is 14.6. The number of hydrazine groups is 1. The van der Waals surface area contributed by atoms with Gasteiger partial charge in [-0.1, -0.05) is 12.1 Å². The molecule has 1 atom stereocenters. The summed E-state index contributed by atoms with van der Waals surface area (Å²) in [5.41, 5.74) is 6.17. The molecule has 2 heterocycles. The largest absolute Gasteiger partial charge is 0.332 e. The lowest BCUT2D eigenvalue weighted by Gasteiger charge is -2.31. The fraction of sp³-hybridized carbons (Fsp3) is 0.222. The molecule has 0 saturated carbocycles. The fourth-order valence-electron chi connectivity index (χ4n) is 4.24. The van der Waals surface area contributed by atoms with E-state index < -0.39 is 22.7 Å². The molecule has 0 bridgehead atoms. The van der Waals surface area contributed by atoms with Crippen LogP contribution in [0.25, 0.3) is 11.3 Å². The van der Waals surface area contributed by atoms with Crippen molar-refractivity contribution in [3.63, 3.8) is 0 Å². The lowest BCUT2D eigenvalue weighted by molar-refractivity contribution is -0.126. The molecule has 2 amide bonds. The van der Waals surface area contributed by atoms with Gasteiger partial charge in [0.25, 0.3) is 11.8 Å². The summed E-state index contributed by atoms with van der Waals surface area (Å²) in [5, 5.41) is 0. The molecule has 184 valence electrons. The average Bonchev–Trinajstić information content (AvgIpc) is 2.91. The van der Waals surface area contributed by atoms with Gasteiger partial charge in [0.15, 0.2) is 0 Å². The summed E-state index contributed by atoms with van der Waals surface area (Å²) in [6.07, 6.45) is 8.59. The smallest absolute Gasteiger partial charge is 0.298 e. The van der Waals surface area contributed by atoms with E-state index in [9.17, 15) is 18.2 Å². The van der Waals surface area contributed by atoms with Gasteiger partial charge in [0.1, 0.15) is 16.8 Å². The molecule has 1 aliphatic heterocycles. The van der Waals surface area contributed by atoms with Gasteiger partial charge in [0.2, 0.25) is 0 Å². The number of rotatable bonds is 6. The van der Waals surface area contributed by atoms with Crippen LogP contribution in [0.1, 0.15) is 40.2 Å². The van der Waals surface area contributed by atoms with Crippen LogP contribution in [0, 0.1) is 25.1 Å². The van der Waals surface area contributed by atoms with Gasteiger partial charge in [-0.2, -0.15) is 0 Å². The molecule has 1 aromatic heterocycles. The Balaban J connectivity index is 1.47. The third-order valence-electron chi connectivity index (χ3n) is 6.09. The first-order chi connectivity index (χ1) is 17.4. The van der Waals surface area contributed by atoms with E-state index in [1.165, 1.54) is 18.2 Å².